The zero-order valence-electron chi connectivity index (χ0n) is 27.8. The van der Waals surface area contributed by atoms with Gasteiger partial charge in [0.25, 0.3) is 0 Å². The number of rotatable bonds is 4. The normalized spacial score (nSPS) is 11.5. The standard InChI is InChI=1S/C27H16NO.C15H18GeN.Ir/c1-2-7-18(8-3-1)20-13-14-22-23-11-6-12-24(27(23)29-26(22)16-20)25-15-19-9-4-5-10-21(19)17-28-25;1-12-10-15(13-8-6-5-7-9-13)17-11-14(12)16(2,3)4;/h1-11,13-17H;5-8,10-11H,1-4H3;/q2*-1;/i16D;;. The van der Waals surface area contributed by atoms with Gasteiger partial charge in [0.2, 0.25) is 0 Å². The van der Waals surface area contributed by atoms with E-state index in [4.69, 9.17) is 5.79 Å². The van der Waals surface area contributed by atoms with E-state index in [9.17, 15) is 0 Å². The van der Waals surface area contributed by atoms with Crippen LogP contribution in [0, 0.1) is 19.1 Å². The quantitative estimate of drug-likeness (QED) is 0.131. The second-order valence-electron chi connectivity index (χ2n) is 12.5. The van der Waals surface area contributed by atoms with Gasteiger partial charge in [-0.25, -0.2) is 0 Å². The van der Waals surface area contributed by atoms with Gasteiger partial charge in [0.05, 0.1) is 6.95 Å². The van der Waals surface area contributed by atoms with Crippen LogP contribution in [0.5, 0.6) is 0 Å². The minimum atomic E-state index is -1.77. The number of aromatic nitrogens is 2. The van der Waals surface area contributed by atoms with Crippen molar-refractivity contribution < 1.29 is 25.9 Å². The van der Waals surface area contributed by atoms with E-state index in [0.29, 0.717) is 17.2 Å². The number of hydrogen-bond donors (Lipinski definition) is 0. The van der Waals surface area contributed by atoms with Gasteiger partial charge >= 0.3 is 106 Å². The van der Waals surface area contributed by atoms with Crippen molar-refractivity contribution in [2.24, 2.45) is 0 Å². The van der Waals surface area contributed by atoms with Gasteiger partial charge in [-0.1, -0.05) is 83.7 Å². The van der Waals surface area contributed by atoms with Gasteiger partial charge in [-0.05, 0) is 33.6 Å². The Morgan fingerprint density at radius 3 is 2.17 bits per heavy atom. The van der Waals surface area contributed by atoms with Crippen LogP contribution in [-0.2, 0) is 20.1 Å². The molecule has 0 atom stereocenters. The maximum Gasteiger partial charge on any atom is 0.121 e. The minimum absolute atomic E-state index is 0. The topological polar surface area (TPSA) is 38.9 Å². The molecule has 0 fully saturated rings. The second-order valence-corrected chi connectivity index (χ2v) is 23.1. The molecule has 8 rings (SSSR count). The molecule has 0 saturated heterocycles. The first kappa shape index (κ1) is 31.3. The van der Waals surface area contributed by atoms with Crippen LogP contribution in [0.3, 0.4) is 0 Å². The Hall–Kier alpha value is -4.35. The van der Waals surface area contributed by atoms with E-state index in [2.05, 4.69) is 82.8 Å². The number of nitrogens with zero attached hydrogens (tertiary/aromatic N) is 2. The number of pyridine rings is 2. The first-order valence-electron chi connectivity index (χ1n) is 16.0. The number of furan rings is 1. The van der Waals surface area contributed by atoms with Crippen LogP contribution in [-0.4, -0.2) is 23.2 Å². The summed E-state index contributed by atoms with van der Waals surface area (Å²) in [6.45, 7) is 2.19. The van der Waals surface area contributed by atoms with Gasteiger partial charge in [-0.15, -0.1) is 18.2 Å². The smallest absolute Gasteiger partial charge is 0.121 e. The van der Waals surface area contributed by atoms with Gasteiger partial charge in [-0.2, -0.15) is 0 Å². The van der Waals surface area contributed by atoms with Gasteiger partial charge in [-0.3, -0.25) is 0 Å². The summed E-state index contributed by atoms with van der Waals surface area (Å²) in [5, 5.41) is 4.13. The zero-order chi connectivity index (χ0) is 32.5. The Kier molecular flexibility index (Phi) is 9.17. The molecule has 0 amide bonds. The van der Waals surface area contributed by atoms with Gasteiger partial charge in [0.1, 0.15) is 5.58 Å². The molecule has 0 spiro atoms. The predicted octanol–water partition coefficient (Wildman–Crippen LogP) is 10.7. The molecule has 3 heterocycles. The summed E-state index contributed by atoms with van der Waals surface area (Å²) >= 11 is -1.77. The molecule has 0 aliphatic rings. The first-order valence-corrected chi connectivity index (χ1v) is 22.8. The number of fused-ring (bicyclic) bond motifs is 4. The van der Waals surface area contributed by atoms with E-state index in [1.807, 2.05) is 91.1 Å². The third kappa shape index (κ3) is 6.87. The fourth-order valence-electron chi connectivity index (χ4n) is 5.91. The van der Waals surface area contributed by atoms with Crippen molar-refractivity contribution in [3.8, 4) is 33.6 Å². The summed E-state index contributed by atoms with van der Waals surface area (Å²) < 4.78 is 16.5. The van der Waals surface area contributed by atoms with Crippen molar-refractivity contribution in [2.45, 2.75) is 24.2 Å². The number of benzene rings is 5. The van der Waals surface area contributed by atoms with Crippen molar-refractivity contribution in [1.29, 1.82) is 0 Å². The molecule has 0 N–H and O–H groups in total. The fourth-order valence-corrected chi connectivity index (χ4v) is 9.49. The summed E-state index contributed by atoms with van der Waals surface area (Å²) in [6.07, 6.45) is 3.95. The van der Waals surface area contributed by atoms with Crippen LogP contribution in [0.1, 0.15) is 6.93 Å². The molecule has 0 saturated carbocycles. The Bertz CT molecular complexity index is 2370. The third-order valence-corrected chi connectivity index (χ3v) is 12.7. The maximum absolute atomic E-state index is 8.77. The van der Waals surface area contributed by atoms with Gasteiger partial charge in [0, 0.05) is 31.7 Å². The molecule has 1 radical (unpaired) electrons. The molecule has 5 heteroatoms. The first-order chi connectivity index (χ1) is 22.8. The molecular formula is C42H34GeIrN2O-2. The monoisotopic (exact) mass is 850 g/mol. The number of hydrogen-bond acceptors (Lipinski definition) is 3. The fraction of sp³-hybridized carbons (Fsp3) is 0.0952. The molecule has 8 aromatic rings. The van der Waals surface area contributed by atoms with Crippen LogP contribution < -0.4 is 4.40 Å². The van der Waals surface area contributed by atoms with Crippen molar-refractivity contribution >= 4 is 50.4 Å². The van der Waals surface area contributed by atoms with E-state index in [0.717, 1.165) is 55.2 Å². The predicted molar refractivity (Wildman–Crippen MR) is 195 cm³/mol. The largest absolute Gasteiger partial charge is 0.501 e. The van der Waals surface area contributed by atoms with Crippen molar-refractivity contribution in [3.05, 3.63) is 151 Å². The molecule has 0 bridgehead atoms. The Morgan fingerprint density at radius 2 is 1.43 bits per heavy atom. The van der Waals surface area contributed by atoms with Crippen LogP contribution in [0.15, 0.2) is 138 Å². The zero-order valence-corrected chi connectivity index (χ0v) is 31.3. The van der Waals surface area contributed by atoms with Crippen LogP contribution >= 0.6 is 0 Å². The molecule has 0 unspecified atom stereocenters. The second kappa shape index (κ2) is 13.8. The average molecular weight is 849 g/mol. The summed E-state index contributed by atoms with van der Waals surface area (Å²) in [5.74, 6) is 7.20. The van der Waals surface area contributed by atoms with E-state index in [-0.39, 0.29) is 20.1 Å². The molecule has 0 aliphatic carbocycles. The SMILES string of the molecule is Cc1cc(-c2[c-]cccc2)nc[c]1[Ge]([CH3])([CH3])[CH3].[2H]c1c(-c2ccccc2)ccc2c1oc1c(-c3cc4ccccc4cn3)[c-]ccc12.[Ir]. The molecular weight excluding hydrogens is 813 g/mol. The Labute approximate surface area is 293 Å². The molecule has 3 nitrogen and oxygen atoms in total. The molecule has 47 heavy (non-hydrogen) atoms. The molecule has 5 aromatic carbocycles. The Balaban J connectivity index is 0.000000191. The summed E-state index contributed by atoms with van der Waals surface area (Å²) in [6, 6.07) is 45.2. The summed E-state index contributed by atoms with van der Waals surface area (Å²) in [4.78, 5) is 9.24. The Morgan fingerprint density at radius 1 is 0.681 bits per heavy atom. The summed E-state index contributed by atoms with van der Waals surface area (Å²) in [7, 11) is 0. The van der Waals surface area contributed by atoms with E-state index in [1.165, 1.54) is 9.96 Å². The van der Waals surface area contributed by atoms with Crippen LogP contribution in [0.2, 0.25) is 17.3 Å². The van der Waals surface area contributed by atoms with Gasteiger partial charge < -0.3 is 9.40 Å². The average Bonchev–Trinajstić information content (AvgIpc) is 3.49. The molecule has 3 aromatic heterocycles. The van der Waals surface area contributed by atoms with Crippen molar-refractivity contribution in [1.82, 2.24) is 9.97 Å². The van der Waals surface area contributed by atoms with Crippen LogP contribution in [0.4, 0.5) is 0 Å². The number of aryl methyl sites for hydroxylation is 1. The van der Waals surface area contributed by atoms with E-state index < -0.39 is 13.3 Å². The van der Waals surface area contributed by atoms with E-state index in [1.54, 1.807) is 0 Å². The maximum atomic E-state index is 8.77. The molecule has 0 aliphatic heterocycles. The molecule has 233 valence electrons. The summed E-state index contributed by atoms with van der Waals surface area (Å²) in [5.41, 5.74) is 8.27. The van der Waals surface area contributed by atoms with Crippen LogP contribution in [0.25, 0.3) is 66.4 Å². The minimum Gasteiger partial charge on any atom is -0.501 e. The van der Waals surface area contributed by atoms with Crippen molar-refractivity contribution in [3.63, 3.8) is 0 Å². The third-order valence-electron chi connectivity index (χ3n) is 8.23. The van der Waals surface area contributed by atoms with E-state index >= 15 is 0 Å². The van der Waals surface area contributed by atoms with Gasteiger partial charge in [0.15, 0.2) is 0 Å². The van der Waals surface area contributed by atoms with Crippen molar-refractivity contribution in [2.75, 3.05) is 0 Å².